The van der Waals surface area contributed by atoms with E-state index in [9.17, 15) is 4.79 Å². The van der Waals surface area contributed by atoms with Crippen LogP contribution in [0.1, 0.15) is 33.6 Å². The monoisotopic (exact) mass is 212 g/mol. The van der Waals surface area contributed by atoms with Gasteiger partial charge in [0, 0.05) is 13.6 Å². The fourth-order valence-electron chi connectivity index (χ4n) is 2.09. The van der Waals surface area contributed by atoms with Crippen molar-refractivity contribution >= 4 is 5.91 Å². The molecule has 0 saturated carbocycles. The second-order valence-corrected chi connectivity index (χ2v) is 4.93. The Balaban J connectivity index is 2.45. The second-order valence-electron chi connectivity index (χ2n) is 4.93. The number of nitrogens with one attached hydrogen (secondary N) is 1. The van der Waals surface area contributed by atoms with Gasteiger partial charge in [-0.25, -0.2) is 0 Å². The van der Waals surface area contributed by atoms with E-state index < -0.39 is 0 Å². The van der Waals surface area contributed by atoms with Crippen LogP contribution in [0.4, 0.5) is 0 Å². The maximum absolute atomic E-state index is 12.1. The van der Waals surface area contributed by atoms with Crippen molar-refractivity contribution < 1.29 is 4.79 Å². The van der Waals surface area contributed by atoms with Gasteiger partial charge in [0.1, 0.15) is 0 Å². The molecule has 1 heterocycles. The van der Waals surface area contributed by atoms with Crippen LogP contribution in [-0.2, 0) is 4.79 Å². The molecular weight excluding hydrogens is 188 g/mol. The van der Waals surface area contributed by atoms with Crippen molar-refractivity contribution in [2.24, 2.45) is 11.8 Å². The van der Waals surface area contributed by atoms with Crippen molar-refractivity contribution in [3.63, 3.8) is 0 Å². The number of carbonyl (C=O) groups is 1. The molecule has 88 valence electrons. The molecule has 0 aromatic carbocycles. The minimum absolute atomic E-state index is 0.0547. The number of hydrogen-bond acceptors (Lipinski definition) is 2. The molecule has 3 atom stereocenters. The first-order valence-electron chi connectivity index (χ1n) is 6.04. The van der Waals surface area contributed by atoms with Crippen molar-refractivity contribution in [2.75, 3.05) is 20.1 Å². The molecule has 3 unspecified atom stereocenters. The summed E-state index contributed by atoms with van der Waals surface area (Å²) < 4.78 is 0. The SMILES string of the molecule is CCC(C)CN(C)C(=O)C1NCCC1C. The van der Waals surface area contributed by atoms with Crippen LogP contribution in [0.25, 0.3) is 0 Å². The third-order valence-electron chi connectivity index (χ3n) is 3.46. The highest BCUT2D eigenvalue weighted by molar-refractivity contribution is 5.82. The van der Waals surface area contributed by atoms with Crippen LogP contribution in [0.5, 0.6) is 0 Å². The minimum Gasteiger partial charge on any atom is -0.344 e. The first kappa shape index (κ1) is 12.5. The summed E-state index contributed by atoms with van der Waals surface area (Å²) >= 11 is 0. The molecule has 0 bridgehead atoms. The number of amides is 1. The fourth-order valence-corrected chi connectivity index (χ4v) is 2.09. The van der Waals surface area contributed by atoms with E-state index in [0.29, 0.717) is 11.8 Å². The van der Waals surface area contributed by atoms with Crippen LogP contribution >= 0.6 is 0 Å². The highest BCUT2D eigenvalue weighted by Gasteiger charge is 2.31. The highest BCUT2D eigenvalue weighted by atomic mass is 16.2. The number of nitrogens with zero attached hydrogens (tertiary/aromatic N) is 1. The summed E-state index contributed by atoms with van der Waals surface area (Å²) in [6, 6.07) is 0.0547. The van der Waals surface area contributed by atoms with Crippen LogP contribution < -0.4 is 5.32 Å². The molecule has 0 aromatic rings. The van der Waals surface area contributed by atoms with Crippen LogP contribution in [0.2, 0.25) is 0 Å². The average molecular weight is 212 g/mol. The number of carbonyl (C=O) groups excluding carboxylic acids is 1. The Bertz CT molecular complexity index is 218. The number of rotatable bonds is 4. The summed E-state index contributed by atoms with van der Waals surface area (Å²) in [7, 11) is 1.92. The van der Waals surface area contributed by atoms with Gasteiger partial charge in [0.05, 0.1) is 6.04 Å². The quantitative estimate of drug-likeness (QED) is 0.765. The lowest BCUT2D eigenvalue weighted by Gasteiger charge is -2.25. The molecule has 1 rings (SSSR count). The Labute approximate surface area is 93.2 Å². The predicted molar refractivity (Wildman–Crippen MR) is 62.7 cm³/mol. The van der Waals surface area contributed by atoms with Crippen molar-refractivity contribution in [3.8, 4) is 0 Å². The summed E-state index contributed by atoms with van der Waals surface area (Å²) in [5.41, 5.74) is 0. The molecule has 0 aliphatic carbocycles. The van der Waals surface area contributed by atoms with E-state index in [0.717, 1.165) is 25.9 Å². The third-order valence-corrected chi connectivity index (χ3v) is 3.46. The Kier molecular flexibility index (Phi) is 4.58. The Morgan fingerprint density at radius 3 is 2.73 bits per heavy atom. The second kappa shape index (κ2) is 5.50. The van der Waals surface area contributed by atoms with E-state index in [1.165, 1.54) is 0 Å². The molecule has 1 aliphatic rings. The smallest absolute Gasteiger partial charge is 0.239 e. The van der Waals surface area contributed by atoms with Gasteiger partial charge in [0.2, 0.25) is 5.91 Å². The molecule has 3 nitrogen and oxygen atoms in total. The van der Waals surface area contributed by atoms with Gasteiger partial charge >= 0.3 is 0 Å². The molecule has 0 radical (unpaired) electrons. The van der Waals surface area contributed by atoms with E-state index in [-0.39, 0.29) is 11.9 Å². The van der Waals surface area contributed by atoms with Crippen LogP contribution in [0.3, 0.4) is 0 Å². The van der Waals surface area contributed by atoms with E-state index in [1.807, 2.05) is 11.9 Å². The first-order chi connectivity index (χ1) is 7.06. The van der Waals surface area contributed by atoms with E-state index >= 15 is 0 Å². The van der Waals surface area contributed by atoms with Crippen molar-refractivity contribution in [1.29, 1.82) is 0 Å². The minimum atomic E-state index is 0.0547. The molecule has 1 saturated heterocycles. The highest BCUT2D eigenvalue weighted by Crippen LogP contribution is 2.16. The Hall–Kier alpha value is -0.570. The van der Waals surface area contributed by atoms with Gasteiger partial charge in [0.15, 0.2) is 0 Å². The van der Waals surface area contributed by atoms with E-state index in [2.05, 4.69) is 26.1 Å². The maximum Gasteiger partial charge on any atom is 0.239 e. The maximum atomic E-state index is 12.1. The largest absolute Gasteiger partial charge is 0.344 e. The molecule has 1 amide bonds. The van der Waals surface area contributed by atoms with E-state index in [1.54, 1.807) is 0 Å². The third kappa shape index (κ3) is 3.20. The fraction of sp³-hybridized carbons (Fsp3) is 0.917. The zero-order valence-corrected chi connectivity index (χ0v) is 10.4. The topological polar surface area (TPSA) is 32.3 Å². The van der Waals surface area contributed by atoms with Gasteiger partial charge in [-0.15, -0.1) is 0 Å². The zero-order valence-electron chi connectivity index (χ0n) is 10.4. The number of hydrogen-bond donors (Lipinski definition) is 1. The standard InChI is InChI=1S/C12H24N2O/c1-5-9(2)8-14(4)12(15)11-10(3)6-7-13-11/h9-11,13H,5-8H2,1-4H3. The molecule has 3 heteroatoms. The summed E-state index contributed by atoms with van der Waals surface area (Å²) in [6.07, 6.45) is 2.25. The van der Waals surface area contributed by atoms with Crippen LogP contribution in [-0.4, -0.2) is 37.0 Å². The van der Waals surface area contributed by atoms with Gasteiger partial charge in [-0.2, -0.15) is 0 Å². The lowest BCUT2D eigenvalue weighted by Crippen LogP contribution is -2.45. The average Bonchev–Trinajstić information content (AvgIpc) is 2.63. The van der Waals surface area contributed by atoms with E-state index in [4.69, 9.17) is 0 Å². The van der Waals surface area contributed by atoms with Gasteiger partial charge in [-0.1, -0.05) is 27.2 Å². The molecule has 1 aliphatic heterocycles. The van der Waals surface area contributed by atoms with Gasteiger partial charge < -0.3 is 10.2 Å². The zero-order chi connectivity index (χ0) is 11.4. The van der Waals surface area contributed by atoms with Crippen LogP contribution in [0, 0.1) is 11.8 Å². The molecule has 0 spiro atoms. The molecular formula is C12H24N2O. The van der Waals surface area contributed by atoms with Gasteiger partial charge in [0.25, 0.3) is 0 Å². The molecule has 1 fully saturated rings. The lowest BCUT2D eigenvalue weighted by molar-refractivity contribution is -0.133. The van der Waals surface area contributed by atoms with Crippen molar-refractivity contribution in [2.45, 2.75) is 39.7 Å². The number of likely N-dealkylation sites (N-methyl/N-ethyl adjacent to an activating group) is 1. The predicted octanol–water partition coefficient (Wildman–Crippen LogP) is 1.49. The molecule has 1 N–H and O–H groups in total. The van der Waals surface area contributed by atoms with Crippen molar-refractivity contribution in [3.05, 3.63) is 0 Å². The summed E-state index contributed by atoms with van der Waals surface area (Å²) in [5.74, 6) is 1.34. The lowest BCUT2D eigenvalue weighted by atomic mass is 10.0. The normalized spacial score (nSPS) is 27.7. The molecule has 15 heavy (non-hydrogen) atoms. The Morgan fingerprint density at radius 2 is 2.27 bits per heavy atom. The van der Waals surface area contributed by atoms with Crippen molar-refractivity contribution in [1.82, 2.24) is 10.2 Å². The molecule has 0 aromatic heterocycles. The van der Waals surface area contributed by atoms with Gasteiger partial charge in [-0.3, -0.25) is 4.79 Å². The van der Waals surface area contributed by atoms with Crippen LogP contribution in [0.15, 0.2) is 0 Å². The Morgan fingerprint density at radius 1 is 1.60 bits per heavy atom. The summed E-state index contributed by atoms with van der Waals surface area (Å²) in [4.78, 5) is 14.0. The van der Waals surface area contributed by atoms with Gasteiger partial charge in [-0.05, 0) is 24.8 Å². The summed E-state index contributed by atoms with van der Waals surface area (Å²) in [5, 5.41) is 3.29. The first-order valence-corrected chi connectivity index (χ1v) is 6.04. The summed E-state index contributed by atoms with van der Waals surface area (Å²) in [6.45, 7) is 8.36.